The van der Waals surface area contributed by atoms with E-state index in [-0.39, 0.29) is 11.5 Å². The normalized spacial score (nSPS) is 10.4. The lowest BCUT2D eigenvalue weighted by Crippen LogP contribution is -2.31. The first-order valence-corrected chi connectivity index (χ1v) is 7.13. The summed E-state index contributed by atoms with van der Waals surface area (Å²) in [7, 11) is 0. The van der Waals surface area contributed by atoms with Gasteiger partial charge in [0.2, 0.25) is 5.56 Å². The summed E-state index contributed by atoms with van der Waals surface area (Å²) in [6, 6.07) is 11.1. The number of aromatic amines is 1. The molecule has 1 amide bonds. The fourth-order valence-electron chi connectivity index (χ4n) is 2.16. The molecule has 1 N–H and O–H groups in total. The Bertz CT molecular complexity index is 639. The zero-order chi connectivity index (χ0) is 15.2. The number of nitrogens with one attached hydrogen (secondary N) is 1. The van der Waals surface area contributed by atoms with Crippen LogP contribution in [0.25, 0.3) is 0 Å². The molecule has 0 saturated heterocycles. The Labute approximate surface area is 124 Å². The van der Waals surface area contributed by atoms with Crippen molar-refractivity contribution in [1.82, 2.24) is 9.88 Å². The summed E-state index contributed by atoms with van der Waals surface area (Å²) in [4.78, 5) is 28.0. The van der Waals surface area contributed by atoms with E-state index >= 15 is 0 Å². The lowest BCUT2D eigenvalue weighted by Gasteiger charge is -2.22. The maximum absolute atomic E-state index is 12.5. The number of hydrogen-bond acceptors (Lipinski definition) is 2. The van der Waals surface area contributed by atoms with Gasteiger partial charge in [0.05, 0.1) is 5.56 Å². The van der Waals surface area contributed by atoms with Crippen LogP contribution in [-0.2, 0) is 6.54 Å². The molecule has 0 spiro atoms. The summed E-state index contributed by atoms with van der Waals surface area (Å²) in [6.45, 7) is 5.35. The molecule has 0 aliphatic rings. The van der Waals surface area contributed by atoms with Gasteiger partial charge >= 0.3 is 0 Å². The average molecular weight is 284 g/mol. The molecular weight excluding hydrogens is 264 g/mol. The number of aryl methyl sites for hydroxylation is 1. The molecule has 0 saturated carbocycles. The molecule has 110 valence electrons. The van der Waals surface area contributed by atoms with Crippen LogP contribution in [-0.4, -0.2) is 22.3 Å². The minimum Gasteiger partial charge on any atom is -0.334 e. The summed E-state index contributed by atoms with van der Waals surface area (Å²) in [6.07, 6.45) is 2.36. The third-order valence-electron chi connectivity index (χ3n) is 3.31. The first kappa shape index (κ1) is 15.0. The molecule has 0 unspecified atom stereocenters. The number of carbonyl (C=O) groups is 1. The summed E-state index contributed by atoms with van der Waals surface area (Å²) in [5.41, 5.74) is 2.61. The van der Waals surface area contributed by atoms with Gasteiger partial charge in [0, 0.05) is 25.4 Å². The van der Waals surface area contributed by atoms with Crippen LogP contribution in [0.5, 0.6) is 0 Å². The minimum absolute atomic E-state index is 0.0614. The summed E-state index contributed by atoms with van der Waals surface area (Å²) in [5, 5.41) is 0. The molecular formula is C17H20N2O2. The fourth-order valence-corrected chi connectivity index (χ4v) is 2.16. The Morgan fingerprint density at radius 2 is 1.86 bits per heavy atom. The maximum atomic E-state index is 12.5. The Balaban J connectivity index is 2.17. The number of hydrogen-bond donors (Lipinski definition) is 1. The predicted molar refractivity (Wildman–Crippen MR) is 83.3 cm³/mol. The molecule has 0 radical (unpaired) electrons. The summed E-state index contributed by atoms with van der Waals surface area (Å²) >= 11 is 0. The molecule has 0 atom stereocenters. The summed E-state index contributed by atoms with van der Waals surface area (Å²) in [5.74, 6) is -0.0614. The van der Waals surface area contributed by atoms with Gasteiger partial charge in [-0.3, -0.25) is 9.59 Å². The van der Waals surface area contributed by atoms with Gasteiger partial charge < -0.3 is 9.88 Å². The topological polar surface area (TPSA) is 53.2 Å². The first-order valence-electron chi connectivity index (χ1n) is 7.13. The fraction of sp³-hybridized carbons (Fsp3) is 0.294. The van der Waals surface area contributed by atoms with E-state index in [4.69, 9.17) is 0 Å². The number of rotatable bonds is 5. The number of aromatic nitrogens is 1. The standard InChI is InChI=1S/C17H20N2O2/c1-3-10-19(12-14-6-4-13(2)5-7-14)17(21)15-8-9-16(20)18-11-15/h4-9,11H,3,10,12H2,1-2H3,(H,18,20). The number of H-pyrrole nitrogens is 1. The molecule has 2 rings (SSSR count). The number of nitrogens with zero attached hydrogens (tertiary/aromatic N) is 1. The third-order valence-corrected chi connectivity index (χ3v) is 3.31. The van der Waals surface area contributed by atoms with Crippen molar-refractivity contribution in [2.24, 2.45) is 0 Å². The van der Waals surface area contributed by atoms with Crippen molar-refractivity contribution in [1.29, 1.82) is 0 Å². The molecule has 0 fully saturated rings. The number of pyridine rings is 1. The number of benzene rings is 1. The van der Waals surface area contributed by atoms with Gasteiger partial charge in [0.15, 0.2) is 0 Å². The Morgan fingerprint density at radius 3 is 2.43 bits per heavy atom. The molecule has 1 aromatic carbocycles. The van der Waals surface area contributed by atoms with Crippen LogP contribution in [0.4, 0.5) is 0 Å². The minimum atomic E-state index is -0.202. The van der Waals surface area contributed by atoms with E-state index < -0.39 is 0 Å². The van der Waals surface area contributed by atoms with Crippen LogP contribution < -0.4 is 5.56 Å². The monoisotopic (exact) mass is 284 g/mol. The lowest BCUT2D eigenvalue weighted by molar-refractivity contribution is 0.0742. The van der Waals surface area contributed by atoms with E-state index in [1.165, 1.54) is 17.8 Å². The number of carbonyl (C=O) groups excluding carboxylic acids is 1. The van der Waals surface area contributed by atoms with E-state index in [1.807, 2.05) is 38.1 Å². The molecule has 21 heavy (non-hydrogen) atoms. The van der Waals surface area contributed by atoms with Gasteiger partial charge in [-0.1, -0.05) is 36.8 Å². The van der Waals surface area contributed by atoms with Crippen LogP contribution in [0.2, 0.25) is 0 Å². The van der Waals surface area contributed by atoms with Crippen molar-refractivity contribution in [2.45, 2.75) is 26.8 Å². The van der Waals surface area contributed by atoms with Crippen LogP contribution in [0.3, 0.4) is 0 Å². The van der Waals surface area contributed by atoms with E-state index in [1.54, 1.807) is 11.0 Å². The summed E-state index contributed by atoms with van der Waals surface area (Å²) < 4.78 is 0. The van der Waals surface area contributed by atoms with Crippen LogP contribution in [0, 0.1) is 6.92 Å². The molecule has 1 heterocycles. The molecule has 4 heteroatoms. The molecule has 1 aromatic heterocycles. The molecule has 0 aliphatic heterocycles. The molecule has 2 aromatic rings. The van der Waals surface area contributed by atoms with Gasteiger partial charge in [-0.2, -0.15) is 0 Å². The second kappa shape index (κ2) is 6.88. The van der Waals surface area contributed by atoms with Gasteiger partial charge in [-0.25, -0.2) is 0 Å². The second-order valence-corrected chi connectivity index (χ2v) is 5.15. The number of amides is 1. The van der Waals surface area contributed by atoms with E-state index in [9.17, 15) is 9.59 Å². The van der Waals surface area contributed by atoms with Crippen molar-refractivity contribution in [2.75, 3.05) is 6.54 Å². The molecule has 0 bridgehead atoms. The van der Waals surface area contributed by atoms with Crippen LogP contribution in [0.15, 0.2) is 47.4 Å². The average Bonchev–Trinajstić information content (AvgIpc) is 2.49. The Kier molecular flexibility index (Phi) is 4.93. The quantitative estimate of drug-likeness (QED) is 0.918. The SMILES string of the molecule is CCCN(Cc1ccc(C)cc1)C(=O)c1ccc(=O)[nH]c1. The predicted octanol–water partition coefficient (Wildman–Crippen LogP) is 2.74. The third kappa shape index (κ3) is 4.05. The highest BCUT2D eigenvalue weighted by Crippen LogP contribution is 2.11. The largest absolute Gasteiger partial charge is 0.334 e. The van der Waals surface area contributed by atoms with E-state index in [0.717, 1.165) is 12.0 Å². The van der Waals surface area contributed by atoms with E-state index in [0.29, 0.717) is 18.7 Å². The molecule has 0 aliphatic carbocycles. The van der Waals surface area contributed by atoms with Crippen molar-refractivity contribution in [3.05, 3.63) is 69.6 Å². The zero-order valence-corrected chi connectivity index (χ0v) is 12.4. The smallest absolute Gasteiger partial charge is 0.255 e. The van der Waals surface area contributed by atoms with Crippen LogP contribution >= 0.6 is 0 Å². The van der Waals surface area contributed by atoms with Crippen molar-refractivity contribution in [3.63, 3.8) is 0 Å². The van der Waals surface area contributed by atoms with Crippen molar-refractivity contribution in [3.8, 4) is 0 Å². The van der Waals surface area contributed by atoms with Gasteiger partial charge in [0.25, 0.3) is 5.91 Å². The highest BCUT2D eigenvalue weighted by Gasteiger charge is 2.15. The Hall–Kier alpha value is -2.36. The second-order valence-electron chi connectivity index (χ2n) is 5.15. The maximum Gasteiger partial charge on any atom is 0.255 e. The Morgan fingerprint density at radius 1 is 1.14 bits per heavy atom. The lowest BCUT2D eigenvalue weighted by atomic mass is 10.1. The van der Waals surface area contributed by atoms with E-state index in [2.05, 4.69) is 4.98 Å². The van der Waals surface area contributed by atoms with Crippen molar-refractivity contribution >= 4 is 5.91 Å². The van der Waals surface area contributed by atoms with Crippen molar-refractivity contribution < 1.29 is 4.79 Å². The highest BCUT2D eigenvalue weighted by atomic mass is 16.2. The van der Waals surface area contributed by atoms with Gasteiger partial charge in [0.1, 0.15) is 0 Å². The zero-order valence-electron chi connectivity index (χ0n) is 12.4. The molecule has 4 nitrogen and oxygen atoms in total. The first-order chi connectivity index (χ1) is 10.1. The van der Waals surface area contributed by atoms with Gasteiger partial charge in [-0.05, 0) is 25.0 Å². The highest BCUT2D eigenvalue weighted by molar-refractivity contribution is 5.93. The van der Waals surface area contributed by atoms with Gasteiger partial charge in [-0.15, -0.1) is 0 Å². The van der Waals surface area contributed by atoms with Crippen LogP contribution in [0.1, 0.15) is 34.8 Å².